The van der Waals surface area contributed by atoms with Crippen LogP contribution in [-0.2, 0) is 9.59 Å². The monoisotopic (exact) mass is 252 g/mol. The van der Waals surface area contributed by atoms with Gasteiger partial charge >= 0.3 is 5.97 Å². The van der Waals surface area contributed by atoms with Crippen molar-refractivity contribution in [1.29, 1.82) is 0 Å². The van der Waals surface area contributed by atoms with E-state index in [2.05, 4.69) is 13.2 Å². The van der Waals surface area contributed by atoms with E-state index >= 15 is 0 Å². The quantitative estimate of drug-likeness (QED) is 0.679. The summed E-state index contributed by atoms with van der Waals surface area (Å²) in [5, 5.41) is 9.04. The zero-order valence-electron chi connectivity index (χ0n) is 10.5. The highest BCUT2D eigenvalue weighted by Gasteiger charge is 2.32. The molecule has 100 valence electrons. The number of aliphatic carboxylic acids is 1. The van der Waals surface area contributed by atoms with E-state index in [1.807, 2.05) is 0 Å². The van der Waals surface area contributed by atoms with Crippen LogP contribution in [0, 0.1) is 0 Å². The summed E-state index contributed by atoms with van der Waals surface area (Å²) in [7, 11) is 0. The number of rotatable bonds is 7. The van der Waals surface area contributed by atoms with E-state index in [4.69, 9.17) is 5.11 Å². The lowest BCUT2D eigenvalue weighted by molar-refractivity contribution is -0.143. The van der Waals surface area contributed by atoms with Crippen LogP contribution in [0.3, 0.4) is 0 Å². The van der Waals surface area contributed by atoms with E-state index in [1.54, 1.807) is 22.0 Å². The fourth-order valence-corrected chi connectivity index (χ4v) is 2.16. The SMILES string of the molecule is C=CCN(CC=C)C(=O)CN1CCCC1C(=O)O. The lowest BCUT2D eigenvalue weighted by Crippen LogP contribution is -2.44. The molecule has 0 aliphatic carbocycles. The number of hydrogen-bond donors (Lipinski definition) is 1. The molecule has 18 heavy (non-hydrogen) atoms. The molecule has 1 N–H and O–H groups in total. The van der Waals surface area contributed by atoms with E-state index in [0.29, 0.717) is 26.1 Å². The van der Waals surface area contributed by atoms with Gasteiger partial charge in [0.2, 0.25) is 5.91 Å². The Labute approximate surface area is 107 Å². The van der Waals surface area contributed by atoms with Crippen LogP contribution in [0.25, 0.3) is 0 Å². The van der Waals surface area contributed by atoms with Crippen LogP contribution in [0.4, 0.5) is 0 Å². The molecule has 0 aromatic carbocycles. The van der Waals surface area contributed by atoms with Crippen molar-refractivity contribution in [3.63, 3.8) is 0 Å². The van der Waals surface area contributed by atoms with Gasteiger partial charge in [-0.1, -0.05) is 12.2 Å². The molecule has 1 atom stereocenters. The van der Waals surface area contributed by atoms with E-state index in [0.717, 1.165) is 6.42 Å². The molecule has 1 amide bonds. The Morgan fingerprint density at radius 1 is 1.33 bits per heavy atom. The summed E-state index contributed by atoms with van der Waals surface area (Å²) >= 11 is 0. The maximum atomic E-state index is 12.0. The second kappa shape index (κ2) is 6.96. The van der Waals surface area contributed by atoms with Gasteiger partial charge in [-0.2, -0.15) is 0 Å². The molecular formula is C13H20N2O3. The van der Waals surface area contributed by atoms with Crippen LogP contribution < -0.4 is 0 Å². The van der Waals surface area contributed by atoms with Gasteiger partial charge in [-0.3, -0.25) is 14.5 Å². The van der Waals surface area contributed by atoms with Gasteiger partial charge in [0.25, 0.3) is 0 Å². The third-order valence-electron chi connectivity index (χ3n) is 3.04. The third kappa shape index (κ3) is 3.70. The highest BCUT2D eigenvalue weighted by Crippen LogP contribution is 2.17. The Kier molecular flexibility index (Phi) is 5.58. The second-order valence-corrected chi connectivity index (χ2v) is 4.34. The Balaban J connectivity index is 2.58. The molecule has 1 rings (SSSR count). The largest absolute Gasteiger partial charge is 0.480 e. The smallest absolute Gasteiger partial charge is 0.320 e. The average molecular weight is 252 g/mol. The number of hydrogen-bond acceptors (Lipinski definition) is 3. The molecule has 1 saturated heterocycles. The Hall–Kier alpha value is -1.62. The zero-order valence-corrected chi connectivity index (χ0v) is 10.5. The van der Waals surface area contributed by atoms with Gasteiger partial charge < -0.3 is 10.0 Å². The Morgan fingerprint density at radius 2 is 1.94 bits per heavy atom. The number of likely N-dealkylation sites (tertiary alicyclic amines) is 1. The molecule has 1 fully saturated rings. The normalized spacial score (nSPS) is 19.4. The van der Waals surface area contributed by atoms with Gasteiger partial charge in [0.1, 0.15) is 6.04 Å². The molecule has 1 aliphatic heterocycles. The Morgan fingerprint density at radius 3 is 2.44 bits per heavy atom. The second-order valence-electron chi connectivity index (χ2n) is 4.34. The van der Waals surface area contributed by atoms with Crippen molar-refractivity contribution in [2.75, 3.05) is 26.2 Å². The van der Waals surface area contributed by atoms with Gasteiger partial charge in [0.15, 0.2) is 0 Å². The van der Waals surface area contributed by atoms with Gasteiger partial charge in [-0.05, 0) is 19.4 Å². The molecule has 1 heterocycles. The minimum absolute atomic E-state index is 0.0806. The highest BCUT2D eigenvalue weighted by atomic mass is 16.4. The maximum absolute atomic E-state index is 12.0. The lowest BCUT2D eigenvalue weighted by atomic mass is 10.2. The van der Waals surface area contributed by atoms with Crippen LogP contribution in [0.5, 0.6) is 0 Å². The summed E-state index contributed by atoms with van der Waals surface area (Å²) < 4.78 is 0. The van der Waals surface area contributed by atoms with Crippen LogP contribution in [0.15, 0.2) is 25.3 Å². The first-order valence-electron chi connectivity index (χ1n) is 6.06. The van der Waals surface area contributed by atoms with Crippen molar-refractivity contribution < 1.29 is 14.7 Å². The van der Waals surface area contributed by atoms with Crippen molar-refractivity contribution in [2.24, 2.45) is 0 Å². The highest BCUT2D eigenvalue weighted by molar-refractivity contribution is 5.80. The van der Waals surface area contributed by atoms with Crippen molar-refractivity contribution in [1.82, 2.24) is 9.80 Å². The van der Waals surface area contributed by atoms with Gasteiger partial charge in [-0.15, -0.1) is 13.2 Å². The Bertz CT molecular complexity index is 331. The van der Waals surface area contributed by atoms with Gasteiger partial charge in [0, 0.05) is 13.1 Å². The van der Waals surface area contributed by atoms with Gasteiger partial charge in [0.05, 0.1) is 6.54 Å². The predicted molar refractivity (Wildman–Crippen MR) is 69.2 cm³/mol. The first kappa shape index (κ1) is 14.4. The van der Waals surface area contributed by atoms with Crippen LogP contribution >= 0.6 is 0 Å². The van der Waals surface area contributed by atoms with E-state index < -0.39 is 12.0 Å². The number of carbonyl (C=O) groups is 2. The van der Waals surface area contributed by atoms with Crippen LogP contribution in [0.1, 0.15) is 12.8 Å². The summed E-state index contributed by atoms with van der Waals surface area (Å²) in [6.45, 7) is 8.93. The third-order valence-corrected chi connectivity index (χ3v) is 3.04. The number of carbonyl (C=O) groups excluding carboxylic acids is 1. The standard InChI is InChI=1S/C13H20N2O3/c1-3-7-14(8-4-2)12(16)10-15-9-5-6-11(15)13(17)18/h3-4,11H,1-2,5-10H2,(H,17,18). The molecule has 0 bridgehead atoms. The molecule has 5 nitrogen and oxygen atoms in total. The number of nitrogens with zero attached hydrogens (tertiary/aromatic N) is 2. The minimum atomic E-state index is -0.848. The van der Waals surface area contributed by atoms with Crippen molar-refractivity contribution in [3.8, 4) is 0 Å². The fraction of sp³-hybridized carbons (Fsp3) is 0.538. The van der Waals surface area contributed by atoms with Crippen molar-refractivity contribution in [3.05, 3.63) is 25.3 Å². The van der Waals surface area contributed by atoms with Crippen molar-refractivity contribution in [2.45, 2.75) is 18.9 Å². The number of carboxylic acids is 1. The molecule has 0 radical (unpaired) electrons. The average Bonchev–Trinajstić information content (AvgIpc) is 2.77. The maximum Gasteiger partial charge on any atom is 0.320 e. The molecular weight excluding hydrogens is 232 g/mol. The molecule has 0 aromatic rings. The fourth-order valence-electron chi connectivity index (χ4n) is 2.16. The summed E-state index contributed by atoms with van der Waals surface area (Å²) in [4.78, 5) is 26.4. The van der Waals surface area contributed by atoms with E-state index in [-0.39, 0.29) is 12.5 Å². The summed E-state index contributed by atoms with van der Waals surface area (Å²) in [6.07, 6.45) is 4.75. The summed E-state index contributed by atoms with van der Waals surface area (Å²) in [6, 6.07) is -0.525. The molecule has 1 unspecified atom stereocenters. The summed E-state index contributed by atoms with van der Waals surface area (Å²) in [5.41, 5.74) is 0. The van der Waals surface area contributed by atoms with E-state index in [9.17, 15) is 9.59 Å². The topological polar surface area (TPSA) is 60.9 Å². The molecule has 5 heteroatoms. The lowest BCUT2D eigenvalue weighted by Gasteiger charge is -2.25. The van der Waals surface area contributed by atoms with Gasteiger partial charge in [-0.25, -0.2) is 0 Å². The van der Waals surface area contributed by atoms with E-state index in [1.165, 1.54) is 0 Å². The zero-order chi connectivity index (χ0) is 13.5. The molecule has 0 aromatic heterocycles. The van der Waals surface area contributed by atoms with Crippen molar-refractivity contribution >= 4 is 11.9 Å². The molecule has 0 saturated carbocycles. The predicted octanol–water partition coefficient (Wildman–Crippen LogP) is 0.736. The first-order valence-corrected chi connectivity index (χ1v) is 6.06. The molecule has 1 aliphatic rings. The number of amides is 1. The van der Waals surface area contributed by atoms with Crippen LogP contribution in [0.2, 0.25) is 0 Å². The minimum Gasteiger partial charge on any atom is -0.480 e. The van der Waals surface area contributed by atoms with Crippen LogP contribution in [-0.4, -0.2) is 59.0 Å². The summed E-state index contributed by atoms with van der Waals surface area (Å²) in [5.74, 6) is -0.928. The number of carboxylic acid groups (broad SMARTS) is 1. The molecule has 0 spiro atoms. The first-order chi connectivity index (χ1) is 8.60.